The van der Waals surface area contributed by atoms with Crippen molar-refractivity contribution in [1.29, 1.82) is 0 Å². The van der Waals surface area contributed by atoms with Crippen molar-refractivity contribution in [2.75, 3.05) is 31.1 Å². The standard InChI is InChI=1S/C9H12N2O2/c1-6-7(9(13)8(6)12)11-4-2-10-3-5-11/h10H,2-5H2,1H3. The number of piperazine rings is 1. The molecule has 1 N–H and O–H groups in total. The molecule has 1 aromatic carbocycles. The minimum absolute atomic E-state index is 0.306. The van der Waals surface area contributed by atoms with E-state index >= 15 is 0 Å². The maximum atomic E-state index is 11.2. The average molecular weight is 180 g/mol. The second kappa shape index (κ2) is 2.96. The smallest absolute Gasteiger partial charge is 0.249 e. The molecule has 4 heteroatoms. The summed E-state index contributed by atoms with van der Waals surface area (Å²) in [6, 6.07) is 0. The Morgan fingerprint density at radius 1 is 1.15 bits per heavy atom. The number of nitrogens with one attached hydrogen (secondary N) is 1. The molecule has 0 saturated carbocycles. The third-order valence-electron chi connectivity index (χ3n) is 2.55. The quantitative estimate of drug-likeness (QED) is 0.563. The van der Waals surface area contributed by atoms with Crippen LogP contribution in [-0.4, -0.2) is 26.2 Å². The van der Waals surface area contributed by atoms with Gasteiger partial charge in [-0.2, -0.15) is 0 Å². The topological polar surface area (TPSA) is 49.4 Å². The highest BCUT2D eigenvalue weighted by atomic mass is 16.2. The molecule has 0 unspecified atom stereocenters. The van der Waals surface area contributed by atoms with E-state index < -0.39 is 0 Å². The molecular formula is C9H12N2O2. The third-order valence-corrected chi connectivity index (χ3v) is 2.55. The highest BCUT2D eigenvalue weighted by Gasteiger charge is 2.23. The summed E-state index contributed by atoms with van der Waals surface area (Å²) >= 11 is 0. The minimum atomic E-state index is -0.312. The molecule has 1 aliphatic rings. The second-order valence-corrected chi connectivity index (χ2v) is 3.37. The lowest BCUT2D eigenvalue weighted by Crippen LogP contribution is -2.50. The fraction of sp³-hybridized carbons (Fsp3) is 0.556. The molecular weight excluding hydrogens is 168 g/mol. The maximum absolute atomic E-state index is 11.2. The van der Waals surface area contributed by atoms with Crippen molar-refractivity contribution in [2.45, 2.75) is 6.92 Å². The lowest BCUT2D eigenvalue weighted by molar-refractivity contribution is 0.585. The Kier molecular flexibility index (Phi) is 1.92. The first-order valence-corrected chi connectivity index (χ1v) is 4.47. The Balaban J connectivity index is 2.26. The minimum Gasteiger partial charge on any atom is -0.365 e. The van der Waals surface area contributed by atoms with Crippen LogP contribution in [0, 0.1) is 6.92 Å². The molecule has 0 atom stereocenters. The molecule has 1 aromatic rings. The Morgan fingerprint density at radius 3 is 2.31 bits per heavy atom. The molecule has 0 radical (unpaired) electrons. The first-order valence-electron chi connectivity index (χ1n) is 4.47. The van der Waals surface area contributed by atoms with Gasteiger partial charge >= 0.3 is 0 Å². The number of rotatable bonds is 1. The molecule has 1 aliphatic heterocycles. The number of anilines is 1. The molecule has 0 amide bonds. The first kappa shape index (κ1) is 8.44. The van der Waals surface area contributed by atoms with Gasteiger partial charge in [-0.05, 0) is 6.92 Å². The van der Waals surface area contributed by atoms with Crippen LogP contribution in [0.25, 0.3) is 0 Å². The van der Waals surface area contributed by atoms with E-state index in [0.29, 0.717) is 11.3 Å². The Hall–Kier alpha value is -1.16. The molecule has 0 spiro atoms. The summed E-state index contributed by atoms with van der Waals surface area (Å²) in [6.45, 7) is 5.15. The van der Waals surface area contributed by atoms with Crippen LogP contribution < -0.4 is 21.1 Å². The van der Waals surface area contributed by atoms with Gasteiger partial charge < -0.3 is 10.2 Å². The van der Waals surface area contributed by atoms with Crippen molar-refractivity contribution in [3.63, 3.8) is 0 Å². The van der Waals surface area contributed by atoms with Crippen molar-refractivity contribution in [3.05, 3.63) is 26.0 Å². The van der Waals surface area contributed by atoms with Crippen LogP contribution in [0.15, 0.2) is 9.59 Å². The molecule has 0 aromatic heterocycles. The van der Waals surface area contributed by atoms with E-state index in [1.54, 1.807) is 6.92 Å². The van der Waals surface area contributed by atoms with E-state index in [0.717, 1.165) is 26.2 Å². The molecule has 0 bridgehead atoms. The lowest BCUT2D eigenvalue weighted by atomic mass is 10.1. The molecule has 4 nitrogen and oxygen atoms in total. The Morgan fingerprint density at radius 2 is 1.77 bits per heavy atom. The molecule has 1 fully saturated rings. The normalized spacial score (nSPS) is 18.1. The zero-order chi connectivity index (χ0) is 9.42. The van der Waals surface area contributed by atoms with Gasteiger partial charge in [0.15, 0.2) is 0 Å². The monoisotopic (exact) mass is 180 g/mol. The molecule has 70 valence electrons. The molecule has 1 heterocycles. The first-order chi connectivity index (χ1) is 6.22. The summed E-state index contributed by atoms with van der Waals surface area (Å²) in [4.78, 5) is 24.2. The van der Waals surface area contributed by atoms with Crippen molar-refractivity contribution in [3.8, 4) is 0 Å². The van der Waals surface area contributed by atoms with Crippen LogP contribution in [0.4, 0.5) is 5.69 Å². The van der Waals surface area contributed by atoms with Crippen LogP contribution in [0.1, 0.15) is 5.56 Å². The van der Waals surface area contributed by atoms with E-state index in [2.05, 4.69) is 5.32 Å². The summed E-state index contributed by atoms with van der Waals surface area (Å²) in [7, 11) is 0. The Labute approximate surface area is 75.9 Å². The number of hydrogen-bond donors (Lipinski definition) is 1. The predicted octanol–water partition coefficient (Wildman–Crippen LogP) is -0.999. The highest BCUT2D eigenvalue weighted by Crippen LogP contribution is 2.13. The molecule has 1 saturated heterocycles. The van der Waals surface area contributed by atoms with Crippen LogP contribution in [0.3, 0.4) is 0 Å². The van der Waals surface area contributed by atoms with Gasteiger partial charge in [-0.1, -0.05) is 0 Å². The SMILES string of the molecule is Cc1c(N2CCNCC2)c(=O)c1=O. The van der Waals surface area contributed by atoms with Crippen molar-refractivity contribution in [1.82, 2.24) is 5.32 Å². The Bertz CT molecular complexity index is 384. The molecule has 2 rings (SSSR count). The van der Waals surface area contributed by atoms with Gasteiger partial charge in [0.2, 0.25) is 10.9 Å². The van der Waals surface area contributed by atoms with Gasteiger partial charge in [-0.15, -0.1) is 0 Å². The van der Waals surface area contributed by atoms with Crippen LogP contribution in [-0.2, 0) is 0 Å². The lowest BCUT2D eigenvalue weighted by Gasteiger charge is -2.30. The molecule has 0 aliphatic carbocycles. The number of hydrogen-bond acceptors (Lipinski definition) is 4. The van der Waals surface area contributed by atoms with Crippen LogP contribution >= 0.6 is 0 Å². The molecule has 13 heavy (non-hydrogen) atoms. The van der Waals surface area contributed by atoms with Crippen LogP contribution in [0.2, 0.25) is 0 Å². The van der Waals surface area contributed by atoms with Gasteiger partial charge in [0.25, 0.3) is 0 Å². The summed E-state index contributed by atoms with van der Waals surface area (Å²) in [5, 5.41) is 3.20. The fourth-order valence-electron chi connectivity index (χ4n) is 1.76. The van der Waals surface area contributed by atoms with E-state index in [1.165, 1.54) is 0 Å². The summed E-state index contributed by atoms with van der Waals surface area (Å²) in [6.07, 6.45) is 0. The average Bonchev–Trinajstić information content (AvgIpc) is 2.19. The summed E-state index contributed by atoms with van der Waals surface area (Å²) in [5.41, 5.74) is 0.659. The third kappa shape index (κ3) is 1.18. The van der Waals surface area contributed by atoms with Crippen LogP contribution in [0.5, 0.6) is 0 Å². The van der Waals surface area contributed by atoms with Gasteiger partial charge in [0, 0.05) is 31.7 Å². The van der Waals surface area contributed by atoms with Gasteiger partial charge in [-0.25, -0.2) is 0 Å². The largest absolute Gasteiger partial charge is 0.365 e. The van der Waals surface area contributed by atoms with E-state index in [9.17, 15) is 9.59 Å². The van der Waals surface area contributed by atoms with Gasteiger partial charge in [-0.3, -0.25) is 9.59 Å². The number of nitrogens with zero attached hydrogens (tertiary/aromatic N) is 1. The van der Waals surface area contributed by atoms with E-state index in [-0.39, 0.29) is 10.9 Å². The maximum Gasteiger partial charge on any atom is 0.249 e. The predicted molar refractivity (Wildman–Crippen MR) is 51.2 cm³/mol. The van der Waals surface area contributed by atoms with E-state index in [1.807, 2.05) is 4.90 Å². The highest BCUT2D eigenvalue weighted by molar-refractivity contribution is 5.58. The zero-order valence-corrected chi connectivity index (χ0v) is 7.59. The zero-order valence-electron chi connectivity index (χ0n) is 7.59. The van der Waals surface area contributed by atoms with Crippen molar-refractivity contribution < 1.29 is 0 Å². The fourth-order valence-corrected chi connectivity index (χ4v) is 1.76. The van der Waals surface area contributed by atoms with Gasteiger partial charge in [0.05, 0.1) is 5.69 Å². The van der Waals surface area contributed by atoms with Crippen molar-refractivity contribution >= 4 is 5.69 Å². The summed E-state index contributed by atoms with van der Waals surface area (Å²) in [5.74, 6) is 0. The van der Waals surface area contributed by atoms with E-state index in [4.69, 9.17) is 0 Å². The second-order valence-electron chi connectivity index (χ2n) is 3.37. The summed E-state index contributed by atoms with van der Waals surface area (Å²) < 4.78 is 0. The van der Waals surface area contributed by atoms with Gasteiger partial charge in [0.1, 0.15) is 0 Å². The van der Waals surface area contributed by atoms with Crippen molar-refractivity contribution in [2.24, 2.45) is 0 Å².